The Hall–Kier alpha value is -3.68. The molecule has 0 fully saturated rings. The second-order valence-corrected chi connectivity index (χ2v) is 6.53. The summed E-state index contributed by atoms with van der Waals surface area (Å²) in [6.45, 7) is -0.192. The summed E-state index contributed by atoms with van der Waals surface area (Å²) in [6.07, 6.45) is 0.383. The van der Waals surface area contributed by atoms with E-state index in [0.717, 1.165) is 10.5 Å². The normalized spacial score (nSPS) is 12.7. The van der Waals surface area contributed by atoms with Gasteiger partial charge in [0, 0.05) is 18.7 Å². The molecule has 0 aromatic heterocycles. The Labute approximate surface area is 167 Å². The van der Waals surface area contributed by atoms with E-state index in [1.54, 1.807) is 13.2 Å². The van der Waals surface area contributed by atoms with Crippen LogP contribution in [-0.2, 0) is 16.0 Å². The number of hydrogen-bond donors (Lipinski definition) is 2. The minimum Gasteiger partial charge on any atom is -0.496 e. The summed E-state index contributed by atoms with van der Waals surface area (Å²) in [5.74, 6) is -1.71. The van der Waals surface area contributed by atoms with E-state index in [0.29, 0.717) is 17.9 Å². The van der Waals surface area contributed by atoms with Crippen LogP contribution in [0.5, 0.6) is 5.75 Å². The fourth-order valence-corrected chi connectivity index (χ4v) is 3.16. The van der Waals surface area contributed by atoms with Gasteiger partial charge in [-0.2, -0.15) is 0 Å². The van der Waals surface area contributed by atoms with Crippen molar-refractivity contribution in [3.05, 3.63) is 59.2 Å². The molecule has 0 bridgehead atoms. The summed E-state index contributed by atoms with van der Waals surface area (Å²) in [4.78, 5) is 48.6. The van der Waals surface area contributed by atoms with Crippen molar-refractivity contribution in [1.82, 2.24) is 4.90 Å². The summed E-state index contributed by atoms with van der Waals surface area (Å²) in [6, 6.07) is 11.9. The van der Waals surface area contributed by atoms with Gasteiger partial charge in [-0.25, -0.2) is 0 Å². The van der Waals surface area contributed by atoms with Crippen LogP contribution in [0.4, 0.5) is 5.69 Å². The van der Waals surface area contributed by atoms with Crippen molar-refractivity contribution in [2.45, 2.75) is 19.3 Å². The Morgan fingerprint density at radius 2 is 1.76 bits per heavy atom. The van der Waals surface area contributed by atoms with Gasteiger partial charge >= 0.3 is 5.97 Å². The van der Waals surface area contributed by atoms with Gasteiger partial charge in [0.1, 0.15) is 5.75 Å². The van der Waals surface area contributed by atoms with Crippen LogP contribution < -0.4 is 10.1 Å². The maximum atomic E-state index is 12.4. The number of nitrogens with zero attached hydrogens (tertiary/aromatic N) is 1. The molecule has 0 unspecified atom stereocenters. The number of imide groups is 1. The van der Waals surface area contributed by atoms with Crippen LogP contribution in [0.25, 0.3) is 0 Å². The van der Waals surface area contributed by atoms with E-state index < -0.39 is 17.8 Å². The van der Waals surface area contributed by atoms with Gasteiger partial charge in [-0.3, -0.25) is 24.1 Å². The fourth-order valence-electron chi connectivity index (χ4n) is 3.16. The van der Waals surface area contributed by atoms with Crippen LogP contribution in [0.1, 0.15) is 39.1 Å². The topological polar surface area (TPSA) is 113 Å². The van der Waals surface area contributed by atoms with E-state index in [4.69, 9.17) is 9.84 Å². The Kier molecular flexibility index (Phi) is 5.92. The smallest absolute Gasteiger partial charge is 0.305 e. The Balaban J connectivity index is 1.65. The first-order valence-corrected chi connectivity index (χ1v) is 9.04. The molecule has 0 spiro atoms. The summed E-state index contributed by atoms with van der Waals surface area (Å²) in [5.41, 5.74) is 1.67. The molecule has 0 atom stereocenters. The number of amides is 3. The molecule has 3 amide bonds. The molecule has 2 aromatic rings. The van der Waals surface area contributed by atoms with Gasteiger partial charge in [0.05, 0.1) is 24.7 Å². The molecule has 150 valence electrons. The fraction of sp³-hybridized carbons (Fsp3) is 0.238. The zero-order valence-corrected chi connectivity index (χ0v) is 15.8. The molecule has 0 saturated heterocycles. The molecule has 29 heavy (non-hydrogen) atoms. The Bertz CT molecular complexity index is 985. The average Bonchev–Trinajstić information content (AvgIpc) is 2.94. The van der Waals surface area contributed by atoms with E-state index in [9.17, 15) is 19.2 Å². The molecular formula is C21H20N2O6. The molecule has 2 aromatic carbocycles. The monoisotopic (exact) mass is 396 g/mol. The number of carbonyl (C=O) groups is 4. The average molecular weight is 396 g/mol. The Morgan fingerprint density at radius 3 is 2.48 bits per heavy atom. The van der Waals surface area contributed by atoms with Gasteiger partial charge < -0.3 is 15.2 Å². The number of nitrogens with one attached hydrogen (secondary N) is 1. The molecule has 0 aliphatic carbocycles. The number of aryl methyl sites for hydroxylation is 1. The highest BCUT2D eigenvalue weighted by molar-refractivity contribution is 6.22. The number of carbonyl (C=O) groups excluding carboxylic acids is 3. The van der Waals surface area contributed by atoms with Crippen LogP contribution in [0.3, 0.4) is 0 Å². The predicted molar refractivity (Wildman–Crippen MR) is 104 cm³/mol. The molecule has 3 rings (SSSR count). The number of benzene rings is 2. The molecule has 8 nitrogen and oxygen atoms in total. The van der Waals surface area contributed by atoms with Gasteiger partial charge in [-0.15, -0.1) is 0 Å². The van der Waals surface area contributed by atoms with Gasteiger partial charge in [-0.1, -0.05) is 18.2 Å². The van der Waals surface area contributed by atoms with Crippen molar-refractivity contribution in [2.24, 2.45) is 0 Å². The van der Waals surface area contributed by atoms with E-state index in [-0.39, 0.29) is 36.4 Å². The first-order chi connectivity index (χ1) is 13.9. The first kappa shape index (κ1) is 20.1. The number of methoxy groups -OCH3 is 1. The Morgan fingerprint density at radius 1 is 1.03 bits per heavy atom. The van der Waals surface area contributed by atoms with Crippen LogP contribution in [0, 0.1) is 0 Å². The third kappa shape index (κ3) is 4.43. The number of hydrogen-bond acceptors (Lipinski definition) is 5. The van der Waals surface area contributed by atoms with Crippen molar-refractivity contribution in [3.8, 4) is 5.75 Å². The lowest BCUT2D eigenvalue weighted by atomic mass is 10.1. The molecule has 1 heterocycles. The van der Waals surface area contributed by atoms with Gasteiger partial charge in [0.25, 0.3) is 11.8 Å². The van der Waals surface area contributed by atoms with Crippen molar-refractivity contribution >= 4 is 29.4 Å². The quantitative estimate of drug-likeness (QED) is 0.662. The van der Waals surface area contributed by atoms with Crippen molar-refractivity contribution in [2.75, 3.05) is 19.0 Å². The molecule has 1 aliphatic heterocycles. The SMILES string of the molecule is COc1ccccc1CCC(=O)Nc1ccc2c(c1)C(=O)N(CCC(=O)O)C2=O. The van der Waals surface area contributed by atoms with E-state index in [1.165, 1.54) is 12.1 Å². The largest absolute Gasteiger partial charge is 0.496 e. The van der Waals surface area contributed by atoms with Gasteiger partial charge in [0.2, 0.25) is 5.91 Å². The molecular weight excluding hydrogens is 376 g/mol. The first-order valence-electron chi connectivity index (χ1n) is 9.04. The van der Waals surface area contributed by atoms with E-state index in [1.807, 2.05) is 24.3 Å². The van der Waals surface area contributed by atoms with Crippen LogP contribution in [0.2, 0.25) is 0 Å². The summed E-state index contributed by atoms with van der Waals surface area (Å²) >= 11 is 0. The number of aliphatic carboxylic acids is 1. The molecule has 1 aliphatic rings. The number of anilines is 1. The van der Waals surface area contributed by atoms with Crippen LogP contribution in [-0.4, -0.2) is 47.4 Å². The number of carboxylic acid groups (broad SMARTS) is 1. The second-order valence-electron chi connectivity index (χ2n) is 6.53. The maximum Gasteiger partial charge on any atom is 0.305 e. The van der Waals surface area contributed by atoms with Crippen molar-refractivity contribution < 1.29 is 29.0 Å². The molecule has 0 radical (unpaired) electrons. The van der Waals surface area contributed by atoms with E-state index in [2.05, 4.69) is 5.32 Å². The summed E-state index contributed by atoms with van der Waals surface area (Å²) < 4.78 is 5.27. The van der Waals surface area contributed by atoms with Crippen LogP contribution in [0.15, 0.2) is 42.5 Å². The number of carboxylic acids is 1. The molecule has 2 N–H and O–H groups in total. The number of rotatable bonds is 8. The number of fused-ring (bicyclic) bond motifs is 1. The second kappa shape index (κ2) is 8.55. The van der Waals surface area contributed by atoms with Crippen LogP contribution >= 0.6 is 0 Å². The number of para-hydroxylation sites is 1. The summed E-state index contributed by atoms with van der Waals surface area (Å²) in [7, 11) is 1.57. The molecule has 0 saturated carbocycles. The third-order valence-corrected chi connectivity index (χ3v) is 4.62. The van der Waals surface area contributed by atoms with E-state index >= 15 is 0 Å². The standard InChI is InChI=1S/C21H20N2O6/c1-29-17-5-3-2-4-13(17)6-9-18(24)22-14-7-8-15-16(12-14)21(28)23(20(15)27)11-10-19(25)26/h2-5,7-8,12H,6,9-11H2,1H3,(H,22,24)(H,25,26). The molecule has 8 heteroatoms. The zero-order chi connectivity index (χ0) is 21.0. The highest BCUT2D eigenvalue weighted by Gasteiger charge is 2.35. The predicted octanol–water partition coefficient (Wildman–Crippen LogP) is 2.34. The lowest BCUT2D eigenvalue weighted by Gasteiger charge is -2.11. The highest BCUT2D eigenvalue weighted by atomic mass is 16.5. The van der Waals surface area contributed by atoms with Gasteiger partial charge in [-0.05, 0) is 36.2 Å². The number of ether oxygens (including phenoxy) is 1. The third-order valence-electron chi connectivity index (χ3n) is 4.62. The minimum absolute atomic E-state index is 0.155. The zero-order valence-electron chi connectivity index (χ0n) is 15.8. The lowest BCUT2D eigenvalue weighted by molar-refractivity contribution is -0.137. The summed E-state index contributed by atoms with van der Waals surface area (Å²) in [5, 5.41) is 11.5. The van der Waals surface area contributed by atoms with Gasteiger partial charge in [0.15, 0.2) is 0 Å². The van der Waals surface area contributed by atoms with Crippen molar-refractivity contribution in [1.29, 1.82) is 0 Å². The van der Waals surface area contributed by atoms with Crippen molar-refractivity contribution in [3.63, 3.8) is 0 Å². The minimum atomic E-state index is -1.09. The highest BCUT2D eigenvalue weighted by Crippen LogP contribution is 2.26. The maximum absolute atomic E-state index is 12.4. The lowest BCUT2D eigenvalue weighted by Crippen LogP contribution is -2.31.